The van der Waals surface area contributed by atoms with E-state index in [9.17, 15) is 8.78 Å². The molecule has 0 unspecified atom stereocenters. The first-order valence-corrected chi connectivity index (χ1v) is 9.84. The fourth-order valence-corrected chi connectivity index (χ4v) is 4.63. The number of alkyl halides is 2. The van der Waals surface area contributed by atoms with Crippen LogP contribution in [0.3, 0.4) is 0 Å². The number of nitrogens with zero attached hydrogens (tertiary/aromatic N) is 3. The van der Waals surface area contributed by atoms with Gasteiger partial charge in [0.25, 0.3) is 5.92 Å². The Hall–Kier alpha value is -2.12. The molecule has 0 bridgehead atoms. The van der Waals surface area contributed by atoms with E-state index in [4.69, 9.17) is 15.5 Å². The number of ether oxygens (including phenoxy) is 1. The molecule has 3 aliphatic rings. The van der Waals surface area contributed by atoms with Gasteiger partial charge in [-0.05, 0) is 32.3 Å². The summed E-state index contributed by atoms with van der Waals surface area (Å²) < 4.78 is 34.3. The number of hydrogen-bond acceptors (Lipinski definition) is 5. The van der Waals surface area contributed by atoms with E-state index in [1.165, 1.54) is 0 Å². The maximum Gasteiger partial charge on any atom is 0.290 e. The van der Waals surface area contributed by atoms with Crippen molar-refractivity contribution >= 4 is 5.95 Å². The summed E-state index contributed by atoms with van der Waals surface area (Å²) >= 11 is 0. The molecule has 2 atom stereocenters. The molecule has 0 saturated carbocycles. The SMILES string of the molecule is C[C@H]1C[C@H](C)N1c1nc(-c2ccc(C3(N)COC3)cc2)c2c(n1)C(F)(F)CC2. The Balaban J connectivity index is 1.60. The van der Waals surface area contributed by atoms with Crippen LogP contribution < -0.4 is 10.6 Å². The molecule has 2 aromatic rings. The summed E-state index contributed by atoms with van der Waals surface area (Å²) in [5, 5.41) is 0. The molecule has 3 heterocycles. The van der Waals surface area contributed by atoms with Crippen LogP contribution in [0.5, 0.6) is 0 Å². The van der Waals surface area contributed by atoms with Crippen LogP contribution >= 0.6 is 0 Å². The highest BCUT2D eigenvalue weighted by Gasteiger charge is 2.45. The second-order valence-corrected chi connectivity index (χ2v) is 8.47. The number of hydrogen-bond donors (Lipinski definition) is 1. The van der Waals surface area contributed by atoms with Gasteiger partial charge in [0.1, 0.15) is 5.69 Å². The molecule has 5 rings (SSSR count). The summed E-state index contributed by atoms with van der Waals surface area (Å²) in [6.45, 7) is 5.14. The van der Waals surface area contributed by atoms with Crippen LogP contribution in [0.4, 0.5) is 14.7 Å². The van der Waals surface area contributed by atoms with E-state index in [1.807, 2.05) is 29.2 Å². The minimum Gasteiger partial charge on any atom is -0.377 e. The third-order valence-corrected chi connectivity index (χ3v) is 6.35. The summed E-state index contributed by atoms with van der Waals surface area (Å²) in [7, 11) is 0. The fraction of sp³-hybridized carbons (Fsp3) is 0.524. The fourth-order valence-electron chi connectivity index (χ4n) is 4.63. The highest BCUT2D eigenvalue weighted by Crippen LogP contribution is 2.45. The van der Waals surface area contributed by atoms with E-state index in [0.717, 1.165) is 17.5 Å². The van der Waals surface area contributed by atoms with Crippen molar-refractivity contribution < 1.29 is 13.5 Å². The van der Waals surface area contributed by atoms with Crippen LogP contribution in [-0.4, -0.2) is 35.3 Å². The highest BCUT2D eigenvalue weighted by atomic mass is 19.3. The van der Waals surface area contributed by atoms with Gasteiger partial charge in [-0.15, -0.1) is 0 Å². The summed E-state index contributed by atoms with van der Waals surface area (Å²) in [6, 6.07) is 8.27. The summed E-state index contributed by atoms with van der Waals surface area (Å²) in [4.78, 5) is 11.1. The van der Waals surface area contributed by atoms with E-state index in [0.29, 0.717) is 36.8 Å². The Morgan fingerprint density at radius 3 is 2.36 bits per heavy atom. The predicted octanol–water partition coefficient (Wildman–Crippen LogP) is 3.35. The second-order valence-electron chi connectivity index (χ2n) is 8.47. The van der Waals surface area contributed by atoms with Gasteiger partial charge in [-0.2, -0.15) is 8.78 Å². The van der Waals surface area contributed by atoms with Gasteiger partial charge in [-0.25, -0.2) is 9.97 Å². The Bertz CT molecular complexity index is 919. The Morgan fingerprint density at radius 1 is 1.11 bits per heavy atom. The van der Waals surface area contributed by atoms with E-state index >= 15 is 0 Å². The lowest BCUT2D eigenvalue weighted by atomic mass is 9.88. The average molecular weight is 386 g/mol. The molecule has 0 amide bonds. The van der Waals surface area contributed by atoms with Crippen LogP contribution in [0, 0.1) is 0 Å². The molecule has 2 aliphatic heterocycles. The van der Waals surface area contributed by atoms with Crippen molar-refractivity contribution in [2.24, 2.45) is 5.73 Å². The summed E-state index contributed by atoms with van der Waals surface area (Å²) in [5.41, 5.74) is 8.74. The molecule has 2 N–H and O–H groups in total. The number of aromatic nitrogens is 2. The number of anilines is 1. The lowest BCUT2D eigenvalue weighted by Gasteiger charge is -2.45. The molecule has 1 aromatic heterocycles. The van der Waals surface area contributed by atoms with Crippen LogP contribution in [0.1, 0.15) is 43.5 Å². The zero-order valence-electron chi connectivity index (χ0n) is 16.1. The highest BCUT2D eigenvalue weighted by molar-refractivity contribution is 5.68. The number of nitrogens with two attached hydrogens (primary N) is 1. The van der Waals surface area contributed by atoms with E-state index in [1.54, 1.807) is 0 Å². The molecule has 5 nitrogen and oxygen atoms in total. The largest absolute Gasteiger partial charge is 0.377 e. The molecule has 1 aliphatic carbocycles. The summed E-state index contributed by atoms with van der Waals surface area (Å²) in [5.74, 6) is -2.49. The second kappa shape index (κ2) is 5.94. The van der Waals surface area contributed by atoms with Crippen molar-refractivity contribution in [3.63, 3.8) is 0 Å². The number of rotatable bonds is 3. The molecule has 28 heavy (non-hydrogen) atoms. The lowest BCUT2D eigenvalue weighted by molar-refractivity contribution is -0.0569. The molecule has 0 spiro atoms. The molecule has 2 saturated heterocycles. The lowest BCUT2D eigenvalue weighted by Crippen LogP contribution is -2.54. The van der Waals surface area contributed by atoms with Crippen molar-refractivity contribution in [1.29, 1.82) is 0 Å². The molecule has 7 heteroatoms. The molecular weight excluding hydrogens is 362 g/mol. The van der Waals surface area contributed by atoms with E-state index in [2.05, 4.69) is 18.8 Å². The molecular formula is C21H24F2N4O. The number of fused-ring (bicyclic) bond motifs is 1. The van der Waals surface area contributed by atoms with E-state index < -0.39 is 11.5 Å². The van der Waals surface area contributed by atoms with E-state index in [-0.39, 0.29) is 24.2 Å². The number of halogens is 2. The third kappa shape index (κ3) is 2.56. The van der Waals surface area contributed by atoms with Crippen LogP contribution in [0.15, 0.2) is 24.3 Å². The van der Waals surface area contributed by atoms with Gasteiger partial charge in [0.2, 0.25) is 5.95 Å². The number of benzene rings is 1. The normalized spacial score (nSPS) is 27.1. The van der Waals surface area contributed by atoms with Crippen molar-refractivity contribution in [1.82, 2.24) is 9.97 Å². The quantitative estimate of drug-likeness (QED) is 0.876. The monoisotopic (exact) mass is 386 g/mol. The predicted molar refractivity (Wildman–Crippen MR) is 102 cm³/mol. The molecule has 0 radical (unpaired) electrons. The Labute approximate surface area is 162 Å². The van der Waals surface area contributed by atoms with Gasteiger partial charge in [0, 0.05) is 29.6 Å². The Morgan fingerprint density at radius 2 is 1.79 bits per heavy atom. The standard InChI is InChI=1S/C21H24F2N4O/c1-12-9-13(2)27(12)19-25-17(16-7-8-21(22,23)18(16)26-19)14-3-5-15(6-4-14)20(24)10-28-11-20/h3-6,12-13H,7-11,24H2,1-2H3/t12-,13-/m0/s1. The smallest absolute Gasteiger partial charge is 0.290 e. The topological polar surface area (TPSA) is 64.3 Å². The molecule has 148 valence electrons. The molecule has 1 aromatic carbocycles. The minimum absolute atomic E-state index is 0.106. The van der Waals surface area contributed by atoms with Crippen LogP contribution in [-0.2, 0) is 22.6 Å². The maximum atomic E-state index is 14.5. The van der Waals surface area contributed by atoms with Gasteiger partial charge >= 0.3 is 0 Å². The van der Waals surface area contributed by atoms with Crippen molar-refractivity contribution in [3.8, 4) is 11.3 Å². The van der Waals surface area contributed by atoms with Gasteiger partial charge in [-0.3, -0.25) is 0 Å². The first-order chi connectivity index (χ1) is 13.3. The van der Waals surface area contributed by atoms with Crippen LogP contribution in [0.2, 0.25) is 0 Å². The van der Waals surface area contributed by atoms with Gasteiger partial charge < -0.3 is 15.4 Å². The zero-order valence-corrected chi connectivity index (χ0v) is 16.1. The van der Waals surface area contributed by atoms with Gasteiger partial charge in [0.15, 0.2) is 0 Å². The zero-order chi connectivity index (χ0) is 19.7. The van der Waals surface area contributed by atoms with Crippen LogP contribution in [0.25, 0.3) is 11.3 Å². The van der Waals surface area contributed by atoms with Gasteiger partial charge in [0.05, 0.1) is 24.4 Å². The summed E-state index contributed by atoms with van der Waals surface area (Å²) in [6.07, 6.45) is 1.10. The molecule has 2 fully saturated rings. The van der Waals surface area contributed by atoms with Crippen molar-refractivity contribution in [3.05, 3.63) is 41.1 Å². The minimum atomic E-state index is -2.90. The third-order valence-electron chi connectivity index (χ3n) is 6.35. The maximum absolute atomic E-state index is 14.5. The average Bonchev–Trinajstić information content (AvgIpc) is 2.94. The Kier molecular flexibility index (Phi) is 3.81. The van der Waals surface area contributed by atoms with Crippen molar-refractivity contribution in [2.75, 3.05) is 18.1 Å². The first kappa shape index (κ1) is 17.9. The first-order valence-electron chi connectivity index (χ1n) is 9.84. The van der Waals surface area contributed by atoms with Crippen molar-refractivity contribution in [2.45, 2.75) is 56.7 Å². The van der Waals surface area contributed by atoms with Gasteiger partial charge in [-0.1, -0.05) is 24.3 Å².